The molecule has 0 saturated heterocycles. The van der Waals surface area contributed by atoms with Crippen LogP contribution in [0.25, 0.3) is 0 Å². The molecule has 0 spiro atoms. The number of ketones is 1. The van der Waals surface area contributed by atoms with Gasteiger partial charge < -0.3 is 21.9 Å². The zero-order valence-electron chi connectivity index (χ0n) is 16.6. The summed E-state index contributed by atoms with van der Waals surface area (Å²) in [7, 11) is 3.24. The van der Waals surface area contributed by atoms with Crippen LogP contribution < -0.4 is 26.4 Å². The molecule has 4 nitrogen and oxygen atoms in total. The first-order valence-electron chi connectivity index (χ1n) is 9.49. The molecule has 1 aliphatic rings. The first-order valence-corrected chi connectivity index (χ1v) is 9.49. The van der Waals surface area contributed by atoms with Gasteiger partial charge in [0, 0.05) is 29.2 Å². The van der Waals surface area contributed by atoms with Crippen molar-refractivity contribution >= 4 is 5.78 Å². The van der Waals surface area contributed by atoms with Crippen molar-refractivity contribution in [2.24, 2.45) is 5.92 Å². The Labute approximate surface area is 177 Å². The average molecular weight is 410 g/mol. The lowest BCUT2D eigenvalue weighted by molar-refractivity contribution is -0.688. The van der Waals surface area contributed by atoms with E-state index in [0.717, 1.165) is 23.4 Å². The van der Waals surface area contributed by atoms with Crippen LogP contribution in [-0.4, -0.2) is 20.0 Å². The van der Waals surface area contributed by atoms with E-state index >= 15 is 0 Å². The number of Topliss-reactive ketones (excluding diaryl/α,β-unsaturated/α-hetero) is 1. The number of halogens is 1. The van der Waals surface area contributed by atoms with Crippen molar-refractivity contribution in [3.63, 3.8) is 0 Å². The number of nitrogens with zero attached hydrogens (tertiary/aromatic N) is 1. The molecule has 5 heteroatoms. The Morgan fingerprint density at radius 1 is 0.897 bits per heavy atom. The molecular formula is C24H24ClNO3. The molecule has 0 bridgehead atoms. The molecule has 4 rings (SSSR count). The number of methoxy groups -OCH3 is 2. The third-order valence-electron chi connectivity index (χ3n) is 5.39. The Balaban J connectivity index is 0.00000240. The maximum Gasteiger partial charge on any atom is 0.173 e. The van der Waals surface area contributed by atoms with Crippen molar-refractivity contribution in [2.45, 2.75) is 19.4 Å². The highest BCUT2D eigenvalue weighted by atomic mass is 35.5. The van der Waals surface area contributed by atoms with Crippen LogP contribution >= 0.6 is 0 Å². The van der Waals surface area contributed by atoms with E-state index in [0.29, 0.717) is 24.2 Å². The quantitative estimate of drug-likeness (QED) is 0.561. The lowest BCUT2D eigenvalue weighted by Crippen LogP contribution is -3.00. The molecule has 0 amide bonds. The summed E-state index contributed by atoms with van der Waals surface area (Å²) in [5.74, 6) is 1.47. The van der Waals surface area contributed by atoms with Gasteiger partial charge >= 0.3 is 0 Å². The van der Waals surface area contributed by atoms with E-state index in [1.54, 1.807) is 14.2 Å². The van der Waals surface area contributed by atoms with Gasteiger partial charge in [-0.1, -0.05) is 30.3 Å². The molecule has 150 valence electrons. The van der Waals surface area contributed by atoms with Crippen molar-refractivity contribution in [3.8, 4) is 11.5 Å². The minimum atomic E-state index is -0.0785. The fraction of sp³-hybridized carbons (Fsp3) is 0.250. The summed E-state index contributed by atoms with van der Waals surface area (Å²) in [6.07, 6.45) is 5.56. The van der Waals surface area contributed by atoms with E-state index in [1.807, 2.05) is 18.2 Å². The molecule has 0 radical (unpaired) electrons. The molecule has 2 aromatic carbocycles. The molecule has 1 aromatic heterocycles. The molecule has 3 aromatic rings. The van der Waals surface area contributed by atoms with Crippen LogP contribution in [0.4, 0.5) is 0 Å². The van der Waals surface area contributed by atoms with Crippen molar-refractivity contribution in [3.05, 3.63) is 89.2 Å². The minimum absolute atomic E-state index is 0. The van der Waals surface area contributed by atoms with Crippen molar-refractivity contribution in [2.75, 3.05) is 14.2 Å². The zero-order valence-corrected chi connectivity index (χ0v) is 17.4. The number of hydrogen-bond acceptors (Lipinski definition) is 3. The van der Waals surface area contributed by atoms with Gasteiger partial charge in [0.2, 0.25) is 0 Å². The predicted octanol–water partition coefficient (Wildman–Crippen LogP) is 0.641. The summed E-state index contributed by atoms with van der Waals surface area (Å²) >= 11 is 0. The van der Waals surface area contributed by atoms with Crippen LogP contribution in [0.3, 0.4) is 0 Å². The van der Waals surface area contributed by atoms with Crippen LogP contribution in [0.1, 0.15) is 27.0 Å². The molecule has 0 fully saturated rings. The number of fused-ring (bicyclic) bond motifs is 1. The summed E-state index contributed by atoms with van der Waals surface area (Å²) in [6, 6.07) is 18.3. The Morgan fingerprint density at radius 2 is 1.55 bits per heavy atom. The normalized spacial score (nSPS) is 14.8. The van der Waals surface area contributed by atoms with Gasteiger partial charge in [-0.25, -0.2) is 4.57 Å². The van der Waals surface area contributed by atoms with Crippen molar-refractivity contribution in [1.82, 2.24) is 0 Å². The zero-order chi connectivity index (χ0) is 19.5. The molecule has 1 unspecified atom stereocenters. The third-order valence-corrected chi connectivity index (χ3v) is 5.39. The van der Waals surface area contributed by atoms with E-state index in [1.165, 1.54) is 5.56 Å². The van der Waals surface area contributed by atoms with Crippen LogP contribution in [0.2, 0.25) is 0 Å². The van der Waals surface area contributed by atoms with E-state index in [9.17, 15) is 4.79 Å². The van der Waals surface area contributed by atoms with Gasteiger partial charge in [0.25, 0.3) is 0 Å². The van der Waals surface area contributed by atoms with Crippen LogP contribution in [-0.2, 0) is 19.4 Å². The highest BCUT2D eigenvalue weighted by molar-refractivity contribution is 6.05. The number of hydrogen-bond donors (Lipinski definition) is 0. The first-order chi connectivity index (χ1) is 13.7. The second-order valence-corrected chi connectivity index (χ2v) is 7.16. The SMILES string of the molecule is COc1ccc(OC)c2c1CC(Cc1cc[n+](Cc3ccccc3)cc1)C2=O.[Cl-]. The Hall–Kier alpha value is -2.85. The Kier molecular flexibility index (Phi) is 6.55. The summed E-state index contributed by atoms with van der Waals surface area (Å²) in [4.78, 5) is 13.0. The average Bonchev–Trinajstić information content (AvgIpc) is 3.06. The standard InChI is InChI=1S/C24H24NO3.ClH/c1-27-21-8-9-22(28-2)23-20(21)15-19(24(23)26)14-17-10-12-25(13-11-17)16-18-6-4-3-5-7-18;/h3-13,19H,14-16H2,1-2H3;1H/q+1;/p-1. The van der Waals surface area contributed by atoms with Crippen LogP contribution in [0.15, 0.2) is 67.0 Å². The van der Waals surface area contributed by atoms with Crippen LogP contribution in [0.5, 0.6) is 11.5 Å². The molecule has 1 heterocycles. The summed E-state index contributed by atoms with van der Waals surface area (Å²) in [6.45, 7) is 0.837. The van der Waals surface area contributed by atoms with Gasteiger partial charge in [0.05, 0.1) is 19.8 Å². The van der Waals surface area contributed by atoms with Gasteiger partial charge in [-0.3, -0.25) is 4.79 Å². The van der Waals surface area contributed by atoms with E-state index in [-0.39, 0.29) is 24.1 Å². The van der Waals surface area contributed by atoms with Gasteiger partial charge in [-0.15, -0.1) is 0 Å². The summed E-state index contributed by atoms with van der Waals surface area (Å²) < 4.78 is 13.0. The Bertz CT molecular complexity index is 987. The van der Waals surface area contributed by atoms with E-state index < -0.39 is 0 Å². The predicted molar refractivity (Wildman–Crippen MR) is 107 cm³/mol. The number of carbonyl (C=O) groups excluding carboxylic acids is 1. The van der Waals surface area contributed by atoms with E-state index in [4.69, 9.17) is 9.47 Å². The lowest BCUT2D eigenvalue weighted by atomic mass is 9.96. The number of ether oxygens (including phenoxy) is 2. The second-order valence-electron chi connectivity index (χ2n) is 7.16. The topological polar surface area (TPSA) is 39.4 Å². The lowest BCUT2D eigenvalue weighted by Gasteiger charge is -2.09. The number of carbonyl (C=O) groups is 1. The maximum absolute atomic E-state index is 13.0. The van der Waals surface area contributed by atoms with Gasteiger partial charge in [-0.2, -0.15) is 0 Å². The summed E-state index contributed by atoms with van der Waals surface area (Å²) in [5, 5.41) is 0. The number of benzene rings is 2. The number of pyridine rings is 1. The minimum Gasteiger partial charge on any atom is -1.00 e. The molecule has 29 heavy (non-hydrogen) atoms. The third kappa shape index (κ3) is 4.28. The largest absolute Gasteiger partial charge is 1.00 e. The van der Waals surface area contributed by atoms with Crippen molar-refractivity contribution in [1.29, 1.82) is 0 Å². The number of aromatic nitrogens is 1. The highest BCUT2D eigenvalue weighted by Crippen LogP contribution is 2.40. The van der Waals surface area contributed by atoms with E-state index in [2.05, 4.69) is 53.4 Å². The summed E-state index contributed by atoms with van der Waals surface area (Å²) in [5.41, 5.74) is 4.07. The second kappa shape index (κ2) is 9.10. The molecule has 1 aliphatic carbocycles. The maximum atomic E-state index is 13.0. The number of rotatable bonds is 6. The van der Waals surface area contributed by atoms with Gasteiger partial charge in [-0.05, 0) is 30.5 Å². The molecular weight excluding hydrogens is 386 g/mol. The molecule has 0 aliphatic heterocycles. The van der Waals surface area contributed by atoms with Gasteiger partial charge in [0.1, 0.15) is 11.5 Å². The smallest absolute Gasteiger partial charge is 0.173 e. The highest BCUT2D eigenvalue weighted by Gasteiger charge is 2.35. The van der Waals surface area contributed by atoms with Crippen LogP contribution in [0, 0.1) is 5.92 Å². The fourth-order valence-electron chi connectivity index (χ4n) is 3.96. The fourth-order valence-corrected chi connectivity index (χ4v) is 3.96. The Morgan fingerprint density at radius 3 is 2.21 bits per heavy atom. The first kappa shape index (κ1) is 20.9. The molecule has 0 N–H and O–H groups in total. The van der Waals surface area contributed by atoms with Gasteiger partial charge in [0.15, 0.2) is 24.7 Å². The monoisotopic (exact) mass is 409 g/mol. The van der Waals surface area contributed by atoms with Crippen molar-refractivity contribution < 1.29 is 31.2 Å². The molecule has 0 saturated carbocycles. The molecule has 1 atom stereocenters.